The van der Waals surface area contributed by atoms with Crippen LogP contribution in [0.5, 0.6) is 0 Å². The third-order valence-corrected chi connectivity index (χ3v) is 3.67. The molecule has 18 heavy (non-hydrogen) atoms. The van der Waals surface area contributed by atoms with Gasteiger partial charge in [0.15, 0.2) is 0 Å². The van der Waals surface area contributed by atoms with Crippen LogP contribution in [0.25, 0.3) is 0 Å². The number of anilines is 1. The molecule has 100 valence electrons. The van der Waals surface area contributed by atoms with Gasteiger partial charge in [-0.3, -0.25) is 0 Å². The van der Waals surface area contributed by atoms with Crippen LogP contribution in [0.15, 0.2) is 18.2 Å². The Bertz CT molecular complexity index is 393. The SMILES string of the molecule is CN(CC1CCCOC1)c1c(F)cccc1CCl. The summed E-state index contributed by atoms with van der Waals surface area (Å²) >= 11 is 5.87. The Kier molecular flexibility index (Phi) is 4.84. The second-order valence-electron chi connectivity index (χ2n) is 4.84. The standard InChI is InChI=1S/C14H19ClFNO/c1-17(9-11-4-3-7-18-10-11)14-12(8-15)5-2-6-13(14)16/h2,5-6,11H,3-4,7-10H2,1H3. The maximum absolute atomic E-state index is 13.9. The molecule has 2 nitrogen and oxygen atoms in total. The highest BCUT2D eigenvalue weighted by Crippen LogP contribution is 2.26. The van der Waals surface area contributed by atoms with Crippen molar-refractivity contribution in [1.82, 2.24) is 0 Å². The number of alkyl halides is 1. The predicted octanol–water partition coefficient (Wildman–Crippen LogP) is 3.43. The van der Waals surface area contributed by atoms with Crippen molar-refractivity contribution in [1.29, 1.82) is 0 Å². The van der Waals surface area contributed by atoms with Crippen molar-refractivity contribution in [3.8, 4) is 0 Å². The lowest BCUT2D eigenvalue weighted by Gasteiger charge is -2.29. The van der Waals surface area contributed by atoms with Gasteiger partial charge in [-0.25, -0.2) is 4.39 Å². The zero-order chi connectivity index (χ0) is 13.0. The second kappa shape index (κ2) is 6.39. The van der Waals surface area contributed by atoms with Crippen molar-refractivity contribution in [3.05, 3.63) is 29.6 Å². The number of para-hydroxylation sites is 1. The van der Waals surface area contributed by atoms with Crippen LogP contribution in [0.1, 0.15) is 18.4 Å². The molecular formula is C14H19ClFNO. The largest absolute Gasteiger partial charge is 0.381 e. The van der Waals surface area contributed by atoms with Crippen LogP contribution in [0.4, 0.5) is 10.1 Å². The van der Waals surface area contributed by atoms with Gasteiger partial charge in [-0.15, -0.1) is 11.6 Å². The first-order valence-corrected chi connectivity index (χ1v) is 6.88. The Balaban J connectivity index is 2.09. The first-order chi connectivity index (χ1) is 8.72. The van der Waals surface area contributed by atoms with Crippen LogP contribution in [-0.2, 0) is 10.6 Å². The molecule has 1 aromatic rings. The molecule has 4 heteroatoms. The van der Waals surface area contributed by atoms with E-state index >= 15 is 0 Å². The van der Waals surface area contributed by atoms with Gasteiger partial charge in [0.25, 0.3) is 0 Å². The van der Waals surface area contributed by atoms with Gasteiger partial charge in [0.1, 0.15) is 5.82 Å². The molecule has 0 radical (unpaired) electrons. The number of rotatable bonds is 4. The van der Waals surface area contributed by atoms with Crippen LogP contribution < -0.4 is 4.90 Å². The van der Waals surface area contributed by atoms with Crippen molar-refractivity contribution in [2.45, 2.75) is 18.7 Å². The van der Waals surface area contributed by atoms with Gasteiger partial charge >= 0.3 is 0 Å². The first-order valence-electron chi connectivity index (χ1n) is 6.34. The second-order valence-corrected chi connectivity index (χ2v) is 5.11. The smallest absolute Gasteiger partial charge is 0.146 e. The number of benzene rings is 1. The van der Waals surface area contributed by atoms with Crippen LogP contribution in [-0.4, -0.2) is 26.8 Å². The first kappa shape index (κ1) is 13.6. The maximum atomic E-state index is 13.9. The minimum Gasteiger partial charge on any atom is -0.381 e. The van der Waals surface area contributed by atoms with Crippen molar-refractivity contribution in [2.24, 2.45) is 5.92 Å². The minimum atomic E-state index is -0.202. The highest BCUT2D eigenvalue weighted by molar-refractivity contribution is 6.17. The summed E-state index contributed by atoms with van der Waals surface area (Å²) in [5, 5.41) is 0. The normalized spacial score (nSPS) is 19.8. The van der Waals surface area contributed by atoms with Crippen LogP contribution in [0.2, 0.25) is 0 Å². The number of nitrogens with zero attached hydrogens (tertiary/aromatic N) is 1. The molecule has 0 saturated carbocycles. The molecule has 1 aliphatic heterocycles. The van der Waals surface area contributed by atoms with Crippen molar-refractivity contribution in [3.63, 3.8) is 0 Å². The van der Waals surface area contributed by atoms with Gasteiger partial charge in [0.05, 0.1) is 12.3 Å². The van der Waals surface area contributed by atoms with Gasteiger partial charge in [0.2, 0.25) is 0 Å². The van der Waals surface area contributed by atoms with E-state index in [9.17, 15) is 4.39 Å². The molecule has 1 unspecified atom stereocenters. The molecule has 1 aliphatic rings. The van der Waals surface area contributed by atoms with E-state index in [0.29, 0.717) is 17.5 Å². The zero-order valence-corrected chi connectivity index (χ0v) is 11.4. The molecular weight excluding hydrogens is 253 g/mol. The summed E-state index contributed by atoms with van der Waals surface area (Å²) in [6, 6.07) is 5.06. The molecule has 0 spiro atoms. The minimum absolute atomic E-state index is 0.202. The molecule has 1 heterocycles. The number of hydrogen-bond donors (Lipinski definition) is 0. The molecule has 1 saturated heterocycles. The molecule has 0 aromatic heterocycles. The third-order valence-electron chi connectivity index (χ3n) is 3.38. The Morgan fingerprint density at radius 3 is 3.00 bits per heavy atom. The highest BCUT2D eigenvalue weighted by Gasteiger charge is 2.19. The summed E-state index contributed by atoms with van der Waals surface area (Å²) in [4.78, 5) is 1.96. The van der Waals surface area contributed by atoms with Crippen LogP contribution in [0.3, 0.4) is 0 Å². The quantitative estimate of drug-likeness (QED) is 0.778. The molecule has 1 atom stereocenters. The van der Waals surface area contributed by atoms with Gasteiger partial charge < -0.3 is 9.64 Å². The number of halogens is 2. The summed E-state index contributed by atoms with van der Waals surface area (Å²) in [6.07, 6.45) is 2.24. The van der Waals surface area contributed by atoms with Gasteiger partial charge in [-0.05, 0) is 30.4 Å². The fourth-order valence-electron chi connectivity index (χ4n) is 2.53. The molecule has 2 rings (SSSR count). The van der Waals surface area contributed by atoms with E-state index in [2.05, 4.69) is 0 Å². The van der Waals surface area contributed by atoms with Crippen molar-refractivity contribution >= 4 is 17.3 Å². The fraction of sp³-hybridized carbons (Fsp3) is 0.571. The zero-order valence-electron chi connectivity index (χ0n) is 10.7. The Hall–Kier alpha value is -0.800. The average molecular weight is 272 g/mol. The fourth-order valence-corrected chi connectivity index (χ4v) is 2.74. The van der Waals surface area contributed by atoms with E-state index < -0.39 is 0 Å². The third kappa shape index (κ3) is 3.15. The summed E-state index contributed by atoms with van der Waals surface area (Å²) < 4.78 is 19.4. The van der Waals surface area contributed by atoms with E-state index in [1.807, 2.05) is 18.0 Å². The lowest BCUT2D eigenvalue weighted by molar-refractivity contribution is 0.0576. The lowest BCUT2D eigenvalue weighted by atomic mass is 10.0. The Morgan fingerprint density at radius 2 is 2.33 bits per heavy atom. The maximum Gasteiger partial charge on any atom is 0.146 e. The van der Waals surface area contributed by atoms with E-state index in [4.69, 9.17) is 16.3 Å². The summed E-state index contributed by atoms with van der Waals surface area (Å²) in [5.41, 5.74) is 1.47. The van der Waals surface area contributed by atoms with E-state index in [0.717, 1.165) is 38.2 Å². The number of hydrogen-bond acceptors (Lipinski definition) is 2. The highest BCUT2D eigenvalue weighted by atomic mass is 35.5. The van der Waals surface area contributed by atoms with E-state index in [1.165, 1.54) is 6.07 Å². The summed E-state index contributed by atoms with van der Waals surface area (Å²) in [5.74, 6) is 0.609. The lowest BCUT2D eigenvalue weighted by Crippen LogP contribution is -2.31. The van der Waals surface area contributed by atoms with Gasteiger partial charge in [-0.1, -0.05) is 12.1 Å². The topological polar surface area (TPSA) is 12.5 Å². The Morgan fingerprint density at radius 1 is 1.50 bits per heavy atom. The summed E-state index contributed by atoms with van der Waals surface area (Å²) in [7, 11) is 1.92. The van der Waals surface area contributed by atoms with Crippen molar-refractivity contribution < 1.29 is 9.13 Å². The molecule has 1 fully saturated rings. The average Bonchev–Trinajstić information content (AvgIpc) is 2.39. The van der Waals surface area contributed by atoms with E-state index in [-0.39, 0.29) is 5.82 Å². The molecule has 0 aliphatic carbocycles. The molecule has 0 bridgehead atoms. The van der Waals surface area contributed by atoms with Gasteiger partial charge in [0, 0.05) is 26.1 Å². The number of ether oxygens (including phenoxy) is 1. The monoisotopic (exact) mass is 271 g/mol. The van der Waals surface area contributed by atoms with Crippen LogP contribution in [0, 0.1) is 11.7 Å². The molecule has 1 aromatic carbocycles. The summed E-state index contributed by atoms with van der Waals surface area (Å²) in [6.45, 7) is 2.44. The predicted molar refractivity (Wildman–Crippen MR) is 72.8 cm³/mol. The van der Waals surface area contributed by atoms with E-state index in [1.54, 1.807) is 6.07 Å². The Labute approximate surface area is 113 Å². The molecule has 0 N–H and O–H groups in total. The van der Waals surface area contributed by atoms with Crippen molar-refractivity contribution in [2.75, 3.05) is 31.7 Å². The molecule has 0 amide bonds. The van der Waals surface area contributed by atoms with Crippen LogP contribution >= 0.6 is 11.6 Å². The van der Waals surface area contributed by atoms with Gasteiger partial charge in [-0.2, -0.15) is 0 Å².